The van der Waals surface area contributed by atoms with Crippen molar-refractivity contribution in [2.45, 2.75) is 18.4 Å². The number of nitrogens with zero attached hydrogens (tertiary/aromatic N) is 1. The van der Waals surface area contributed by atoms with Gasteiger partial charge >= 0.3 is 0 Å². The third-order valence-corrected chi connectivity index (χ3v) is 2.78. The molecule has 5 heteroatoms. The first-order valence-electron chi connectivity index (χ1n) is 4.94. The molecule has 0 aliphatic carbocycles. The summed E-state index contributed by atoms with van der Waals surface area (Å²) in [5, 5.41) is 13.6. The minimum atomic E-state index is -1.05. The fourth-order valence-corrected chi connectivity index (χ4v) is 1.81. The lowest BCUT2D eigenvalue weighted by molar-refractivity contribution is 0.172. The predicted octanol–water partition coefficient (Wildman–Crippen LogP) is 2.37. The van der Waals surface area contributed by atoms with Gasteiger partial charge in [0.15, 0.2) is 0 Å². The Hall–Kier alpha value is -1.13. The van der Waals surface area contributed by atoms with Crippen LogP contribution in [-0.4, -0.2) is 17.4 Å². The Balaban J connectivity index is 2.32. The summed E-state index contributed by atoms with van der Waals surface area (Å²) in [6.07, 6.45) is -0.531. The number of hydrogen-bond acceptors (Lipinski definition) is 3. The van der Waals surface area contributed by atoms with Crippen molar-refractivity contribution in [1.82, 2.24) is 0 Å². The lowest BCUT2D eigenvalue weighted by atomic mass is 10.0. The van der Waals surface area contributed by atoms with Crippen LogP contribution in [0.4, 0.5) is 4.39 Å². The number of alkyl halides is 1. The highest BCUT2D eigenvalue weighted by Gasteiger charge is 2.23. The molecule has 0 bridgehead atoms. The van der Waals surface area contributed by atoms with E-state index in [9.17, 15) is 9.50 Å². The number of benzene rings is 1. The molecule has 1 aromatic carbocycles. The highest BCUT2D eigenvalue weighted by Crippen LogP contribution is 2.24. The van der Waals surface area contributed by atoms with Crippen LogP contribution < -0.4 is 0 Å². The van der Waals surface area contributed by atoms with Gasteiger partial charge < -0.3 is 9.94 Å². The van der Waals surface area contributed by atoms with E-state index < -0.39 is 11.9 Å². The van der Waals surface area contributed by atoms with E-state index in [2.05, 4.69) is 5.16 Å². The molecule has 1 heterocycles. The van der Waals surface area contributed by atoms with Crippen molar-refractivity contribution >= 4 is 17.3 Å². The molecule has 86 valence electrons. The Kier molecular flexibility index (Phi) is 3.41. The Morgan fingerprint density at radius 3 is 3.00 bits per heavy atom. The zero-order valence-electron chi connectivity index (χ0n) is 8.49. The molecule has 1 aromatic rings. The Morgan fingerprint density at radius 1 is 1.56 bits per heavy atom. The van der Waals surface area contributed by atoms with Gasteiger partial charge in [0.2, 0.25) is 0 Å². The van der Waals surface area contributed by atoms with Gasteiger partial charge in [0.05, 0.1) is 11.6 Å². The molecule has 0 saturated carbocycles. The monoisotopic (exact) mass is 243 g/mol. The van der Waals surface area contributed by atoms with Crippen LogP contribution in [0.2, 0.25) is 0 Å². The van der Waals surface area contributed by atoms with Crippen LogP contribution in [-0.2, 0) is 10.7 Å². The van der Waals surface area contributed by atoms with Crippen LogP contribution in [0, 0.1) is 5.82 Å². The first kappa shape index (κ1) is 11.4. The van der Waals surface area contributed by atoms with E-state index in [1.165, 1.54) is 6.07 Å². The summed E-state index contributed by atoms with van der Waals surface area (Å²) in [4.78, 5) is 4.78. The molecule has 1 aliphatic heterocycles. The zero-order chi connectivity index (χ0) is 11.5. The normalized spacial score (nSPS) is 16.8. The second kappa shape index (κ2) is 4.80. The largest absolute Gasteiger partial charge is 0.395 e. The summed E-state index contributed by atoms with van der Waals surface area (Å²) in [5.41, 5.74) is 1.02. The highest BCUT2D eigenvalue weighted by molar-refractivity contribution is 6.17. The van der Waals surface area contributed by atoms with E-state index in [0.717, 1.165) is 0 Å². The molecule has 2 rings (SSSR count). The molecule has 1 N–H and O–H groups in total. The minimum Gasteiger partial charge on any atom is -0.395 e. The third kappa shape index (κ3) is 2.03. The molecule has 3 nitrogen and oxygen atoms in total. The lowest BCUT2D eigenvalue weighted by Crippen LogP contribution is -2.12. The second-order valence-corrected chi connectivity index (χ2v) is 3.79. The Labute approximate surface area is 97.5 Å². The maximum absolute atomic E-state index is 13.8. The van der Waals surface area contributed by atoms with Gasteiger partial charge in [0.1, 0.15) is 18.5 Å². The second-order valence-electron chi connectivity index (χ2n) is 3.52. The van der Waals surface area contributed by atoms with E-state index in [4.69, 9.17) is 16.4 Å². The van der Waals surface area contributed by atoms with Crippen LogP contribution in [0.25, 0.3) is 0 Å². The van der Waals surface area contributed by atoms with Gasteiger partial charge in [-0.15, -0.1) is 11.6 Å². The number of halogens is 2. The summed E-state index contributed by atoms with van der Waals surface area (Å²) in [6, 6.07) is 4.78. The SMILES string of the molecule is OC(C1=NOCC1)c1cccc(CCl)c1F. The topological polar surface area (TPSA) is 41.8 Å². The summed E-state index contributed by atoms with van der Waals surface area (Å²) < 4.78 is 13.8. The molecule has 16 heavy (non-hydrogen) atoms. The quantitative estimate of drug-likeness (QED) is 0.829. The molecule has 1 unspecified atom stereocenters. The van der Waals surface area contributed by atoms with E-state index in [1.807, 2.05) is 0 Å². The Bertz CT molecular complexity index is 422. The molecule has 0 amide bonds. The van der Waals surface area contributed by atoms with Crippen LogP contribution >= 0.6 is 11.6 Å². The Morgan fingerprint density at radius 2 is 2.38 bits per heavy atom. The number of oxime groups is 1. The third-order valence-electron chi connectivity index (χ3n) is 2.49. The van der Waals surface area contributed by atoms with Crippen molar-refractivity contribution in [2.24, 2.45) is 5.16 Å². The fraction of sp³-hybridized carbons (Fsp3) is 0.364. The predicted molar refractivity (Wildman–Crippen MR) is 58.9 cm³/mol. The first-order valence-corrected chi connectivity index (χ1v) is 5.47. The number of rotatable bonds is 3. The number of aliphatic hydroxyl groups excluding tert-OH is 1. The van der Waals surface area contributed by atoms with Crippen molar-refractivity contribution in [2.75, 3.05) is 6.61 Å². The van der Waals surface area contributed by atoms with Crippen molar-refractivity contribution in [3.8, 4) is 0 Å². The minimum absolute atomic E-state index is 0.0787. The lowest BCUT2D eigenvalue weighted by Gasteiger charge is -2.12. The van der Waals surface area contributed by atoms with E-state index in [0.29, 0.717) is 24.3 Å². The molecule has 1 atom stereocenters. The average molecular weight is 244 g/mol. The van der Waals surface area contributed by atoms with Crippen molar-refractivity contribution < 1.29 is 14.3 Å². The summed E-state index contributed by atoms with van der Waals surface area (Å²) in [5.74, 6) is -0.394. The number of aliphatic hydroxyl groups is 1. The van der Waals surface area contributed by atoms with Crippen LogP contribution in [0.15, 0.2) is 23.4 Å². The molecular formula is C11H11ClFNO2. The molecule has 0 fully saturated rings. The molecule has 0 aromatic heterocycles. The van der Waals surface area contributed by atoms with Crippen molar-refractivity contribution in [3.05, 3.63) is 35.1 Å². The van der Waals surface area contributed by atoms with Crippen LogP contribution in [0.1, 0.15) is 23.7 Å². The zero-order valence-corrected chi connectivity index (χ0v) is 9.25. The summed E-state index contributed by atoms with van der Waals surface area (Å²) in [6.45, 7) is 0.434. The standard InChI is InChI=1S/C11H11ClFNO2/c12-6-7-2-1-3-8(10(7)13)11(15)9-4-5-16-14-9/h1-3,11,15H,4-6H2. The van der Waals surface area contributed by atoms with Crippen molar-refractivity contribution in [1.29, 1.82) is 0 Å². The molecule has 1 aliphatic rings. The van der Waals surface area contributed by atoms with E-state index >= 15 is 0 Å². The maximum atomic E-state index is 13.8. The van der Waals surface area contributed by atoms with Crippen LogP contribution in [0.3, 0.4) is 0 Å². The average Bonchev–Trinajstić information content (AvgIpc) is 2.82. The number of hydrogen-bond donors (Lipinski definition) is 1. The van der Waals surface area contributed by atoms with Gasteiger partial charge in [-0.25, -0.2) is 4.39 Å². The van der Waals surface area contributed by atoms with Gasteiger partial charge in [-0.05, 0) is 0 Å². The maximum Gasteiger partial charge on any atom is 0.133 e. The highest BCUT2D eigenvalue weighted by atomic mass is 35.5. The van der Waals surface area contributed by atoms with Gasteiger partial charge in [0, 0.05) is 17.5 Å². The summed E-state index contributed by atoms with van der Waals surface area (Å²) in [7, 11) is 0. The van der Waals surface area contributed by atoms with E-state index in [1.54, 1.807) is 12.1 Å². The van der Waals surface area contributed by atoms with E-state index in [-0.39, 0.29) is 11.4 Å². The fourth-order valence-electron chi connectivity index (χ4n) is 1.60. The van der Waals surface area contributed by atoms with Gasteiger partial charge in [-0.2, -0.15) is 0 Å². The smallest absolute Gasteiger partial charge is 0.133 e. The summed E-state index contributed by atoms with van der Waals surface area (Å²) >= 11 is 5.59. The van der Waals surface area contributed by atoms with Gasteiger partial charge in [-0.3, -0.25) is 0 Å². The molecule has 0 saturated heterocycles. The van der Waals surface area contributed by atoms with Crippen LogP contribution in [0.5, 0.6) is 0 Å². The molecular weight excluding hydrogens is 233 g/mol. The van der Waals surface area contributed by atoms with Gasteiger partial charge in [0.25, 0.3) is 0 Å². The first-order chi connectivity index (χ1) is 7.74. The molecule has 0 spiro atoms. The van der Waals surface area contributed by atoms with Gasteiger partial charge in [-0.1, -0.05) is 23.4 Å². The molecule has 0 radical (unpaired) electrons. The van der Waals surface area contributed by atoms with Crippen molar-refractivity contribution in [3.63, 3.8) is 0 Å².